The van der Waals surface area contributed by atoms with E-state index in [1.807, 2.05) is 0 Å². The Morgan fingerprint density at radius 3 is 2.50 bits per heavy atom. The Kier molecular flexibility index (Phi) is 4.68. The van der Waals surface area contributed by atoms with Gasteiger partial charge in [0.05, 0.1) is 6.10 Å². The average Bonchev–Trinajstić information content (AvgIpc) is 2.38. The first kappa shape index (κ1) is 14.8. The quantitative estimate of drug-likeness (QED) is 0.810. The van der Waals surface area contributed by atoms with E-state index in [1.54, 1.807) is 0 Å². The van der Waals surface area contributed by atoms with Crippen molar-refractivity contribution in [2.45, 2.75) is 77.0 Å². The van der Waals surface area contributed by atoms with Crippen LogP contribution in [-0.4, -0.2) is 49.3 Å². The maximum atomic E-state index is 5.96. The summed E-state index contributed by atoms with van der Waals surface area (Å²) in [5.74, 6) is 0. The van der Waals surface area contributed by atoms with Crippen molar-refractivity contribution in [1.82, 2.24) is 10.2 Å². The van der Waals surface area contributed by atoms with Gasteiger partial charge in [-0.15, -0.1) is 0 Å². The van der Waals surface area contributed by atoms with Crippen LogP contribution in [0.1, 0.15) is 58.8 Å². The van der Waals surface area contributed by atoms with Crippen LogP contribution in [-0.2, 0) is 4.74 Å². The minimum atomic E-state index is 0.524. The standard InChI is InChI=1S/C17H32N2O/c1-3-10-19-11-6-14(7-12-19)18-15-13-16(20-4-2)17(15)8-5-9-17/h14-16,18H,3-13H2,1-2H3/t15-,16+/m0/s1. The number of ether oxygens (including phenoxy) is 1. The zero-order valence-electron chi connectivity index (χ0n) is 13.4. The van der Waals surface area contributed by atoms with Crippen molar-refractivity contribution in [2.75, 3.05) is 26.2 Å². The van der Waals surface area contributed by atoms with Gasteiger partial charge < -0.3 is 15.0 Å². The highest BCUT2D eigenvalue weighted by atomic mass is 16.5. The van der Waals surface area contributed by atoms with Gasteiger partial charge in [0.25, 0.3) is 0 Å². The lowest BCUT2D eigenvalue weighted by molar-refractivity contribution is -0.175. The van der Waals surface area contributed by atoms with E-state index in [0.717, 1.165) is 18.7 Å². The predicted molar refractivity (Wildman–Crippen MR) is 83.0 cm³/mol. The molecule has 3 aliphatic rings. The van der Waals surface area contributed by atoms with E-state index >= 15 is 0 Å². The monoisotopic (exact) mass is 280 g/mol. The molecule has 1 N–H and O–H groups in total. The molecule has 3 nitrogen and oxygen atoms in total. The first-order valence-corrected chi connectivity index (χ1v) is 8.88. The first-order chi connectivity index (χ1) is 9.78. The van der Waals surface area contributed by atoms with Gasteiger partial charge in [0.1, 0.15) is 0 Å². The molecule has 1 saturated heterocycles. The number of nitrogens with zero attached hydrogens (tertiary/aromatic N) is 1. The van der Waals surface area contributed by atoms with Gasteiger partial charge in [0.2, 0.25) is 0 Å². The van der Waals surface area contributed by atoms with Gasteiger partial charge in [-0.1, -0.05) is 13.3 Å². The molecule has 0 amide bonds. The summed E-state index contributed by atoms with van der Waals surface area (Å²) in [6.07, 6.45) is 9.98. The van der Waals surface area contributed by atoms with Gasteiger partial charge in [-0.2, -0.15) is 0 Å². The molecule has 3 rings (SSSR count). The van der Waals surface area contributed by atoms with Gasteiger partial charge >= 0.3 is 0 Å². The number of likely N-dealkylation sites (tertiary alicyclic amines) is 1. The fourth-order valence-corrected chi connectivity index (χ4v) is 4.60. The van der Waals surface area contributed by atoms with Crippen molar-refractivity contribution in [3.63, 3.8) is 0 Å². The second-order valence-electron chi connectivity index (χ2n) is 7.10. The number of nitrogens with one attached hydrogen (secondary N) is 1. The van der Waals surface area contributed by atoms with E-state index in [2.05, 4.69) is 24.1 Å². The van der Waals surface area contributed by atoms with Gasteiger partial charge in [-0.05, 0) is 65.1 Å². The summed E-state index contributed by atoms with van der Waals surface area (Å²) in [6, 6.07) is 1.50. The molecule has 1 aliphatic heterocycles. The van der Waals surface area contributed by atoms with E-state index in [1.165, 1.54) is 64.6 Å². The molecule has 0 bridgehead atoms. The minimum absolute atomic E-state index is 0.524. The zero-order chi connectivity index (χ0) is 14.0. The summed E-state index contributed by atoms with van der Waals surface area (Å²) in [6.45, 7) is 9.17. The summed E-state index contributed by atoms with van der Waals surface area (Å²) < 4.78 is 5.96. The van der Waals surface area contributed by atoms with Gasteiger partial charge in [0, 0.05) is 24.1 Å². The van der Waals surface area contributed by atoms with Crippen LogP contribution in [0.5, 0.6) is 0 Å². The number of piperidine rings is 1. The summed E-state index contributed by atoms with van der Waals surface area (Å²) in [4.78, 5) is 2.63. The largest absolute Gasteiger partial charge is 0.378 e. The fourth-order valence-electron chi connectivity index (χ4n) is 4.60. The fraction of sp³-hybridized carbons (Fsp3) is 1.00. The van der Waals surface area contributed by atoms with Crippen LogP contribution in [0, 0.1) is 5.41 Å². The molecular weight excluding hydrogens is 248 g/mol. The van der Waals surface area contributed by atoms with Crippen molar-refractivity contribution in [2.24, 2.45) is 5.41 Å². The van der Waals surface area contributed by atoms with Crippen LogP contribution in [0.15, 0.2) is 0 Å². The highest BCUT2D eigenvalue weighted by molar-refractivity contribution is 5.12. The molecule has 0 aromatic carbocycles. The lowest BCUT2D eigenvalue weighted by Crippen LogP contribution is -2.68. The van der Waals surface area contributed by atoms with Gasteiger partial charge in [-0.3, -0.25) is 0 Å². The third-order valence-electron chi connectivity index (χ3n) is 6.00. The minimum Gasteiger partial charge on any atom is -0.378 e. The molecule has 0 aromatic heterocycles. The Morgan fingerprint density at radius 1 is 1.20 bits per heavy atom. The van der Waals surface area contributed by atoms with E-state index in [9.17, 15) is 0 Å². The summed E-state index contributed by atoms with van der Waals surface area (Å²) >= 11 is 0. The molecule has 2 saturated carbocycles. The van der Waals surface area contributed by atoms with Crippen LogP contribution >= 0.6 is 0 Å². The number of rotatable bonds is 6. The van der Waals surface area contributed by atoms with Gasteiger partial charge in [0.15, 0.2) is 0 Å². The van der Waals surface area contributed by atoms with Crippen molar-refractivity contribution >= 4 is 0 Å². The van der Waals surface area contributed by atoms with Crippen LogP contribution in [0.2, 0.25) is 0 Å². The molecule has 0 unspecified atom stereocenters. The first-order valence-electron chi connectivity index (χ1n) is 8.88. The van der Waals surface area contributed by atoms with Crippen LogP contribution in [0.3, 0.4) is 0 Å². The maximum absolute atomic E-state index is 5.96. The molecule has 3 fully saturated rings. The molecule has 3 heteroatoms. The van der Waals surface area contributed by atoms with Crippen LogP contribution in [0.4, 0.5) is 0 Å². The Morgan fingerprint density at radius 2 is 1.95 bits per heavy atom. The van der Waals surface area contributed by atoms with Gasteiger partial charge in [-0.25, -0.2) is 0 Å². The third-order valence-corrected chi connectivity index (χ3v) is 6.00. The summed E-state index contributed by atoms with van der Waals surface area (Å²) in [5, 5.41) is 3.99. The molecule has 0 radical (unpaired) electrons. The lowest BCUT2D eigenvalue weighted by Gasteiger charge is -2.62. The zero-order valence-corrected chi connectivity index (χ0v) is 13.4. The Labute approximate surface area is 124 Å². The SMILES string of the molecule is CCCN1CCC(N[C@H]2C[C@@H](OCC)C23CCC3)CC1. The molecule has 116 valence electrons. The topological polar surface area (TPSA) is 24.5 Å². The second-order valence-corrected chi connectivity index (χ2v) is 7.10. The highest BCUT2D eigenvalue weighted by Gasteiger charge is 2.58. The highest BCUT2D eigenvalue weighted by Crippen LogP contribution is 2.57. The van der Waals surface area contributed by atoms with Crippen molar-refractivity contribution < 1.29 is 4.74 Å². The summed E-state index contributed by atoms with van der Waals surface area (Å²) in [5.41, 5.74) is 0.524. The summed E-state index contributed by atoms with van der Waals surface area (Å²) in [7, 11) is 0. The smallest absolute Gasteiger partial charge is 0.0661 e. The Bertz CT molecular complexity index is 308. The Balaban J connectivity index is 1.45. The predicted octanol–water partition coefficient (Wildman–Crippen LogP) is 2.80. The Hall–Kier alpha value is -0.120. The van der Waals surface area contributed by atoms with Crippen molar-refractivity contribution in [3.8, 4) is 0 Å². The van der Waals surface area contributed by atoms with Crippen LogP contribution < -0.4 is 5.32 Å². The molecule has 1 spiro atoms. The van der Waals surface area contributed by atoms with Crippen molar-refractivity contribution in [3.05, 3.63) is 0 Å². The van der Waals surface area contributed by atoms with Crippen LogP contribution in [0.25, 0.3) is 0 Å². The number of hydrogen-bond donors (Lipinski definition) is 1. The molecule has 0 aromatic rings. The van der Waals surface area contributed by atoms with E-state index in [-0.39, 0.29) is 0 Å². The van der Waals surface area contributed by atoms with E-state index < -0.39 is 0 Å². The maximum Gasteiger partial charge on any atom is 0.0661 e. The van der Waals surface area contributed by atoms with Crippen molar-refractivity contribution in [1.29, 1.82) is 0 Å². The third kappa shape index (κ3) is 2.65. The van der Waals surface area contributed by atoms with E-state index in [0.29, 0.717) is 11.5 Å². The molecular formula is C17H32N2O. The second kappa shape index (κ2) is 6.33. The normalized spacial score (nSPS) is 33.9. The molecule has 1 heterocycles. The average molecular weight is 280 g/mol. The number of hydrogen-bond acceptors (Lipinski definition) is 3. The van der Waals surface area contributed by atoms with E-state index in [4.69, 9.17) is 4.74 Å². The lowest BCUT2D eigenvalue weighted by atomic mass is 9.51. The molecule has 20 heavy (non-hydrogen) atoms. The molecule has 2 aliphatic carbocycles. The molecule has 2 atom stereocenters.